The molecule has 1 aliphatic heterocycles. The smallest absolute Gasteiger partial charge is 0.324 e. The molecule has 0 amide bonds. The molecule has 5 heterocycles. The first-order valence-electron chi connectivity index (χ1n) is 11.1. The summed E-state index contributed by atoms with van der Waals surface area (Å²) in [6, 6.07) is 8.23. The van der Waals surface area contributed by atoms with Crippen LogP contribution in [0.2, 0.25) is 5.15 Å². The van der Waals surface area contributed by atoms with Crippen molar-refractivity contribution in [1.82, 2.24) is 25.1 Å². The lowest BCUT2D eigenvalue weighted by Crippen LogP contribution is -2.38. The number of pyridine rings is 2. The highest BCUT2D eigenvalue weighted by Crippen LogP contribution is 2.32. The van der Waals surface area contributed by atoms with Crippen molar-refractivity contribution < 1.29 is 9.26 Å². The van der Waals surface area contributed by atoms with Crippen molar-refractivity contribution in [1.29, 1.82) is 0 Å². The molecule has 0 saturated carbocycles. The average molecular weight is 485 g/mol. The number of thiazole rings is 1. The van der Waals surface area contributed by atoms with E-state index < -0.39 is 0 Å². The van der Waals surface area contributed by atoms with Gasteiger partial charge in [0, 0.05) is 30.8 Å². The lowest BCUT2D eigenvalue weighted by molar-refractivity contribution is 0.131. The van der Waals surface area contributed by atoms with Crippen LogP contribution >= 0.6 is 22.9 Å². The Labute approximate surface area is 201 Å². The maximum absolute atomic E-state index is 6.25. The zero-order valence-electron chi connectivity index (χ0n) is 18.7. The summed E-state index contributed by atoms with van der Waals surface area (Å²) >= 11 is 7.49. The summed E-state index contributed by atoms with van der Waals surface area (Å²) in [5.41, 5.74) is 2.59. The van der Waals surface area contributed by atoms with E-state index in [9.17, 15) is 0 Å². The van der Waals surface area contributed by atoms with Crippen molar-refractivity contribution in [2.24, 2.45) is 5.92 Å². The first kappa shape index (κ1) is 22.0. The summed E-state index contributed by atoms with van der Waals surface area (Å²) in [5.74, 6) is 1.45. The number of ether oxygens (including phenoxy) is 1. The normalized spacial score (nSPS) is 16.0. The van der Waals surface area contributed by atoms with E-state index in [2.05, 4.69) is 45.8 Å². The maximum atomic E-state index is 6.25. The van der Waals surface area contributed by atoms with Crippen molar-refractivity contribution in [3.05, 3.63) is 41.4 Å². The molecule has 1 unspecified atom stereocenters. The molecule has 1 atom stereocenters. The second kappa shape index (κ2) is 9.23. The summed E-state index contributed by atoms with van der Waals surface area (Å²) < 4.78 is 11.7. The molecule has 10 heteroatoms. The zero-order valence-corrected chi connectivity index (χ0v) is 20.3. The molecular formula is C23H25ClN6O2S. The third-order valence-electron chi connectivity index (χ3n) is 5.97. The fourth-order valence-corrected chi connectivity index (χ4v) is 5.02. The van der Waals surface area contributed by atoms with Gasteiger partial charge in [-0.15, -0.1) is 0 Å². The van der Waals surface area contributed by atoms with Crippen molar-refractivity contribution in [2.45, 2.75) is 45.6 Å². The number of fused-ring (bicyclic) bond motifs is 1. The number of halogens is 1. The Hall–Kier alpha value is -2.78. The molecule has 0 radical (unpaired) electrons. The van der Waals surface area contributed by atoms with Crippen molar-refractivity contribution in [3.63, 3.8) is 0 Å². The highest BCUT2D eigenvalue weighted by atomic mass is 35.5. The fourth-order valence-electron chi connectivity index (χ4n) is 3.97. The van der Waals surface area contributed by atoms with Gasteiger partial charge in [0.2, 0.25) is 0 Å². The Bertz CT molecular complexity index is 1250. The maximum Gasteiger partial charge on any atom is 0.324 e. The van der Waals surface area contributed by atoms with Gasteiger partial charge in [0.05, 0.1) is 5.69 Å². The Kier molecular flexibility index (Phi) is 6.16. The second-order valence-electron chi connectivity index (χ2n) is 8.61. The van der Waals surface area contributed by atoms with Crippen molar-refractivity contribution in [2.75, 3.05) is 18.0 Å². The highest BCUT2D eigenvalue weighted by molar-refractivity contribution is 7.19. The van der Waals surface area contributed by atoms with E-state index in [0.29, 0.717) is 22.3 Å². The van der Waals surface area contributed by atoms with Crippen LogP contribution in [0.5, 0.6) is 5.19 Å². The minimum atomic E-state index is 0.0556. The predicted molar refractivity (Wildman–Crippen MR) is 129 cm³/mol. The molecular weight excluding hydrogens is 460 g/mol. The number of rotatable bonds is 6. The Morgan fingerprint density at radius 1 is 1.12 bits per heavy atom. The lowest BCUT2D eigenvalue weighted by atomic mass is 9.92. The van der Waals surface area contributed by atoms with Gasteiger partial charge in [0.25, 0.3) is 5.19 Å². The topological polar surface area (TPSA) is 90.1 Å². The van der Waals surface area contributed by atoms with Crippen LogP contribution in [0, 0.1) is 5.92 Å². The van der Waals surface area contributed by atoms with Gasteiger partial charge >= 0.3 is 6.01 Å². The van der Waals surface area contributed by atoms with E-state index in [1.54, 1.807) is 12.3 Å². The lowest BCUT2D eigenvalue weighted by Gasteiger charge is -2.33. The SMILES string of the molecule is CC(C)c1noc(N2CCC(C(C)Oc3nc4ccc(-c5ccnc(Cl)c5)nc4s3)CC2)n1. The van der Waals surface area contributed by atoms with Crippen LogP contribution in [-0.2, 0) is 0 Å². The Morgan fingerprint density at radius 3 is 2.67 bits per heavy atom. The van der Waals surface area contributed by atoms with Crippen molar-refractivity contribution in [3.8, 4) is 16.5 Å². The van der Waals surface area contributed by atoms with Crippen LogP contribution in [0.4, 0.5) is 6.01 Å². The van der Waals surface area contributed by atoms with Crippen LogP contribution in [0.15, 0.2) is 35.0 Å². The summed E-state index contributed by atoms with van der Waals surface area (Å²) in [7, 11) is 0. The molecule has 4 aromatic heterocycles. The van der Waals surface area contributed by atoms with E-state index in [4.69, 9.17) is 25.8 Å². The Morgan fingerprint density at radius 2 is 1.94 bits per heavy atom. The third kappa shape index (κ3) is 4.79. The molecule has 1 fully saturated rings. The second-order valence-corrected chi connectivity index (χ2v) is 9.93. The molecule has 0 aliphatic carbocycles. The zero-order chi connectivity index (χ0) is 22.9. The largest absolute Gasteiger partial charge is 0.467 e. The van der Waals surface area contributed by atoms with E-state index in [1.165, 1.54) is 11.3 Å². The molecule has 8 nitrogen and oxygen atoms in total. The molecule has 1 saturated heterocycles. The van der Waals surface area contributed by atoms with E-state index >= 15 is 0 Å². The van der Waals surface area contributed by atoms with Gasteiger partial charge in [-0.1, -0.05) is 41.9 Å². The average Bonchev–Trinajstić information content (AvgIpc) is 3.46. The van der Waals surface area contributed by atoms with Crippen LogP contribution in [0.3, 0.4) is 0 Å². The summed E-state index contributed by atoms with van der Waals surface area (Å²) in [5, 5.41) is 5.17. The van der Waals surface area contributed by atoms with Gasteiger partial charge < -0.3 is 14.2 Å². The number of anilines is 1. The van der Waals surface area contributed by atoms with Gasteiger partial charge in [0.15, 0.2) is 5.82 Å². The third-order valence-corrected chi connectivity index (χ3v) is 7.03. The summed E-state index contributed by atoms with van der Waals surface area (Å²) in [4.78, 5) is 20.9. The fraction of sp³-hybridized carbons (Fsp3) is 0.435. The number of hydrogen-bond acceptors (Lipinski definition) is 9. The monoisotopic (exact) mass is 484 g/mol. The van der Waals surface area contributed by atoms with Gasteiger partial charge in [-0.3, -0.25) is 0 Å². The van der Waals surface area contributed by atoms with Crippen LogP contribution < -0.4 is 9.64 Å². The quantitative estimate of drug-likeness (QED) is 0.327. The number of hydrogen-bond donors (Lipinski definition) is 0. The van der Waals surface area contributed by atoms with E-state index in [0.717, 1.165) is 53.4 Å². The van der Waals surface area contributed by atoms with Crippen LogP contribution in [0.25, 0.3) is 21.6 Å². The molecule has 5 rings (SSSR count). The molecule has 172 valence electrons. The Balaban J connectivity index is 1.22. The molecule has 0 N–H and O–H groups in total. The molecule has 0 spiro atoms. The number of aromatic nitrogens is 5. The van der Waals surface area contributed by atoms with Gasteiger partial charge in [-0.25, -0.2) is 15.0 Å². The van der Waals surface area contributed by atoms with Gasteiger partial charge in [-0.05, 0) is 49.9 Å². The van der Waals surface area contributed by atoms with Crippen molar-refractivity contribution >= 4 is 39.3 Å². The number of piperidine rings is 1. The van der Waals surface area contributed by atoms with E-state index in [-0.39, 0.29) is 12.0 Å². The van der Waals surface area contributed by atoms with Gasteiger partial charge in [-0.2, -0.15) is 4.98 Å². The first-order valence-corrected chi connectivity index (χ1v) is 12.3. The predicted octanol–water partition coefficient (Wildman–Crippen LogP) is 5.60. The van der Waals surface area contributed by atoms with Crippen LogP contribution in [0.1, 0.15) is 45.4 Å². The van der Waals surface area contributed by atoms with Crippen LogP contribution in [-0.4, -0.2) is 44.3 Å². The standard InChI is InChI=1S/C23H25ClN6O2S/c1-13(2)20-28-22(32-29-20)30-10-7-15(8-11-30)14(3)31-23-27-18-5-4-17(26-21(18)33-23)16-6-9-25-19(24)12-16/h4-6,9,12-15H,7-8,10-11H2,1-3H3. The summed E-state index contributed by atoms with van der Waals surface area (Å²) in [6.45, 7) is 7.99. The molecule has 1 aliphatic rings. The van der Waals surface area contributed by atoms with E-state index in [1.807, 2.05) is 18.2 Å². The molecule has 4 aromatic rings. The molecule has 0 bridgehead atoms. The first-order chi connectivity index (χ1) is 16.0. The minimum absolute atomic E-state index is 0.0556. The molecule has 33 heavy (non-hydrogen) atoms. The van der Waals surface area contributed by atoms with Gasteiger partial charge in [0.1, 0.15) is 21.6 Å². The molecule has 0 aromatic carbocycles. The number of nitrogens with zero attached hydrogens (tertiary/aromatic N) is 6. The minimum Gasteiger partial charge on any atom is -0.467 e. The summed E-state index contributed by atoms with van der Waals surface area (Å²) in [6.07, 6.45) is 3.73. The highest BCUT2D eigenvalue weighted by Gasteiger charge is 2.28.